The first kappa shape index (κ1) is 14.6. The first-order valence-electron chi connectivity index (χ1n) is 8.31. The molecule has 1 N–H and O–H groups in total. The number of hydrogen-bond acceptors (Lipinski definition) is 3. The predicted molar refractivity (Wildman–Crippen MR) is 87.3 cm³/mol. The second-order valence-corrected chi connectivity index (χ2v) is 7.61. The molecule has 1 aromatic rings. The molecule has 1 aliphatic carbocycles. The maximum atomic E-state index is 4.03. The third kappa shape index (κ3) is 3.63. The summed E-state index contributed by atoms with van der Waals surface area (Å²) in [5, 5.41) is 6.27. The van der Waals surface area contributed by atoms with Crippen LogP contribution in [0, 0.1) is 5.92 Å². The summed E-state index contributed by atoms with van der Waals surface area (Å²) in [4.78, 5) is 4.02. The zero-order chi connectivity index (χ0) is 13.8. The van der Waals surface area contributed by atoms with Crippen LogP contribution in [0.5, 0.6) is 0 Å². The Kier molecular flexibility index (Phi) is 5.14. The molecule has 1 saturated heterocycles. The van der Waals surface area contributed by atoms with Crippen LogP contribution in [0.3, 0.4) is 0 Å². The minimum absolute atomic E-state index is 0.615. The van der Waals surface area contributed by atoms with E-state index in [1.165, 1.54) is 58.0 Å². The Bertz CT molecular complexity index is 376. The standard InChI is InChI=1S/C17H28N2S/c1-19-11-9-15(10-12-19)18-17(16-8-5-13-20-16)14-6-3-2-4-7-14/h5,8,13-15,17-18H,2-4,6-7,9-12H2,1H3. The van der Waals surface area contributed by atoms with Gasteiger partial charge >= 0.3 is 0 Å². The fourth-order valence-corrected chi connectivity index (χ4v) is 4.69. The lowest BCUT2D eigenvalue weighted by molar-refractivity contribution is 0.195. The van der Waals surface area contributed by atoms with Crippen molar-refractivity contribution >= 4 is 11.3 Å². The van der Waals surface area contributed by atoms with Crippen molar-refractivity contribution in [1.29, 1.82) is 0 Å². The molecule has 0 aromatic carbocycles. The second kappa shape index (κ2) is 7.06. The van der Waals surface area contributed by atoms with Crippen molar-refractivity contribution in [3.63, 3.8) is 0 Å². The van der Waals surface area contributed by atoms with Gasteiger partial charge in [-0.2, -0.15) is 0 Å². The van der Waals surface area contributed by atoms with E-state index in [2.05, 4.69) is 34.8 Å². The molecule has 0 amide bonds. The van der Waals surface area contributed by atoms with Crippen LogP contribution in [-0.2, 0) is 0 Å². The zero-order valence-electron chi connectivity index (χ0n) is 12.7. The van der Waals surface area contributed by atoms with Gasteiger partial charge < -0.3 is 10.2 Å². The van der Waals surface area contributed by atoms with Crippen LogP contribution in [0.1, 0.15) is 55.9 Å². The van der Waals surface area contributed by atoms with Gasteiger partial charge in [0.15, 0.2) is 0 Å². The first-order valence-corrected chi connectivity index (χ1v) is 9.19. The summed E-state index contributed by atoms with van der Waals surface area (Å²) >= 11 is 1.94. The van der Waals surface area contributed by atoms with Gasteiger partial charge in [0.2, 0.25) is 0 Å². The number of piperidine rings is 1. The number of likely N-dealkylation sites (tertiary alicyclic amines) is 1. The molecule has 1 aromatic heterocycles. The summed E-state index contributed by atoms with van der Waals surface area (Å²) in [6, 6.07) is 5.89. The van der Waals surface area contributed by atoms with E-state index in [4.69, 9.17) is 0 Å². The maximum Gasteiger partial charge on any atom is 0.0445 e. The van der Waals surface area contributed by atoms with Crippen LogP contribution in [-0.4, -0.2) is 31.1 Å². The Morgan fingerprint density at radius 2 is 1.90 bits per heavy atom. The lowest BCUT2D eigenvalue weighted by Crippen LogP contribution is -2.44. The normalized spacial score (nSPS) is 24.9. The highest BCUT2D eigenvalue weighted by Crippen LogP contribution is 2.37. The Morgan fingerprint density at radius 3 is 2.55 bits per heavy atom. The van der Waals surface area contributed by atoms with Crippen LogP contribution in [0.2, 0.25) is 0 Å². The van der Waals surface area contributed by atoms with Gasteiger partial charge in [-0.1, -0.05) is 25.3 Å². The molecular formula is C17H28N2S. The van der Waals surface area contributed by atoms with Gasteiger partial charge in [-0.15, -0.1) is 11.3 Å². The molecule has 0 bridgehead atoms. The van der Waals surface area contributed by atoms with Crippen molar-refractivity contribution in [2.24, 2.45) is 5.92 Å². The Balaban J connectivity index is 1.65. The summed E-state index contributed by atoms with van der Waals surface area (Å²) in [6.45, 7) is 2.50. The molecule has 2 fully saturated rings. The van der Waals surface area contributed by atoms with E-state index in [9.17, 15) is 0 Å². The van der Waals surface area contributed by atoms with E-state index >= 15 is 0 Å². The molecule has 20 heavy (non-hydrogen) atoms. The number of nitrogens with zero attached hydrogens (tertiary/aromatic N) is 1. The fourth-order valence-electron chi connectivity index (χ4n) is 3.82. The van der Waals surface area contributed by atoms with Crippen LogP contribution < -0.4 is 5.32 Å². The van der Waals surface area contributed by atoms with E-state index in [0.717, 1.165) is 12.0 Å². The third-order valence-electron chi connectivity index (χ3n) is 5.10. The topological polar surface area (TPSA) is 15.3 Å². The summed E-state index contributed by atoms with van der Waals surface area (Å²) < 4.78 is 0. The van der Waals surface area contributed by atoms with E-state index in [-0.39, 0.29) is 0 Å². The second-order valence-electron chi connectivity index (χ2n) is 6.64. The van der Waals surface area contributed by atoms with Crippen molar-refractivity contribution < 1.29 is 0 Å². The number of hydrogen-bond donors (Lipinski definition) is 1. The molecule has 3 rings (SSSR count). The maximum absolute atomic E-state index is 4.03. The molecule has 2 nitrogen and oxygen atoms in total. The van der Waals surface area contributed by atoms with Gasteiger partial charge in [0.05, 0.1) is 0 Å². The van der Waals surface area contributed by atoms with Crippen molar-refractivity contribution in [1.82, 2.24) is 10.2 Å². The minimum atomic E-state index is 0.615. The molecule has 1 aliphatic heterocycles. The fraction of sp³-hybridized carbons (Fsp3) is 0.765. The monoisotopic (exact) mass is 292 g/mol. The molecule has 3 heteroatoms. The Morgan fingerprint density at radius 1 is 1.15 bits per heavy atom. The average Bonchev–Trinajstić information content (AvgIpc) is 3.01. The highest BCUT2D eigenvalue weighted by molar-refractivity contribution is 7.10. The van der Waals surface area contributed by atoms with Gasteiger partial charge in [-0.25, -0.2) is 0 Å². The van der Waals surface area contributed by atoms with Crippen LogP contribution >= 0.6 is 11.3 Å². The molecule has 112 valence electrons. The number of thiophene rings is 1. The van der Waals surface area contributed by atoms with Crippen LogP contribution in [0.4, 0.5) is 0 Å². The third-order valence-corrected chi connectivity index (χ3v) is 6.06. The van der Waals surface area contributed by atoms with Crippen molar-refractivity contribution in [2.75, 3.05) is 20.1 Å². The molecule has 1 saturated carbocycles. The van der Waals surface area contributed by atoms with Gasteiger partial charge in [0.1, 0.15) is 0 Å². The van der Waals surface area contributed by atoms with Crippen molar-refractivity contribution in [3.8, 4) is 0 Å². The largest absolute Gasteiger partial charge is 0.306 e. The Hall–Kier alpha value is -0.380. The van der Waals surface area contributed by atoms with E-state index in [0.29, 0.717) is 6.04 Å². The van der Waals surface area contributed by atoms with E-state index < -0.39 is 0 Å². The summed E-state index contributed by atoms with van der Waals surface area (Å²) in [6.07, 6.45) is 9.77. The van der Waals surface area contributed by atoms with E-state index in [1.54, 1.807) is 4.88 Å². The predicted octanol–water partition coefficient (Wildman–Crippen LogP) is 4.05. The summed E-state index contributed by atoms with van der Waals surface area (Å²) in [7, 11) is 2.24. The molecule has 1 unspecified atom stereocenters. The van der Waals surface area contributed by atoms with Gasteiger partial charge in [-0.05, 0) is 63.2 Å². The van der Waals surface area contributed by atoms with Gasteiger partial charge in [0, 0.05) is 17.0 Å². The highest BCUT2D eigenvalue weighted by atomic mass is 32.1. The number of nitrogens with one attached hydrogen (secondary N) is 1. The highest BCUT2D eigenvalue weighted by Gasteiger charge is 2.28. The molecule has 1 atom stereocenters. The number of rotatable bonds is 4. The molecular weight excluding hydrogens is 264 g/mol. The van der Waals surface area contributed by atoms with Crippen LogP contribution in [0.25, 0.3) is 0 Å². The van der Waals surface area contributed by atoms with Crippen LogP contribution in [0.15, 0.2) is 17.5 Å². The molecule has 0 radical (unpaired) electrons. The minimum Gasteiger partial charge on any atom is -0.306 e. The smallest absolute Gasteiger partial charge is 0.0445 e. The molecule has 2 aliphatic rings. The summed E-state index contributed by atoms with van der Waals surface area (Å²) in [5.41, 5.74) is 0. The lowest BCUT2D eigenvalue weighted by atomic mass is 9.82. The Labute approximate surface area is 127 Å². The van der Waals surface area contributed by atoms with Crippen molar-refractivity contribution in [3.05, 3.63) is 22.4 Å². The average molecular weight is 292 g/mol. The van der Waals surface area contributed by atoms with Crippen molar-refractivity contribution in [2.45, 2.75) is 57.0 Å². The quantitative estimate of drug-likeness (QED) is 0.900. The SMILES string of the molecule is CN1CCC(NC(c2cccs2)C2CCCCC2)CC1. The van der Waals surface area contributed by atoms with Gasteiger partial charge in [-0.3, -0.25) is 0 Å². The lowest BCUT2D eigenvalue weighted by Gasteiger charge is -2.36. The van der Waals surface area contributed by atoms with E-state index in [1.807, 2.05) is 11.3 Å². The first-order chi connectivity index (χ1) is 9.83. The zero-order valence-corrected chi connectivity index (χ0v) is 13.5. The molecule has 2 heterocycles. The summed E-state index contributed by atoms with van der Waals surface area (Å²) in [5.74, 6) is 0.863. The molecule has 0 spiro atoms. The van der Waals surface area contributed by atoms with Gasteiger partial charge in [0.25, 0.3) is 0 Å².